The molecule has 1 heterocycles. The van der Waals surface area contributed by atoms with Crippen LogP contribution >= 0.6 is 0 Å². The predicted octanol–water partition coefficient (Wildman–Crippen LogP) is 2.83. The van der Waals surface area contributed by atoms with Crippen molar-refractivity contribution in [3.8, 4) is 29.1 Å². The number of aromatic nitrogens is 2. The van der Waals surface area contributed by atoms with E-state index in [0.717, 1.165) is 11.1 Å². The largest absolute Gasteiger partial charge is 0.496 e. The zero-order valence-electron chi connectivity index (χ0n) is 15.5. The highest BCUT2D eigenvalue weighted by atomic mass is 16.5. The molecule has 0 amide bonds. The topological polar surface area (TPSA) is 127 Å². The molecule has 8 nitrogen and oxygen atoms in total. The number of anilines is 1. The number of hydrogen-bond acceptors (Lipinski definition) is 7. The number of hydrazone groups is 1. The summed E-state index contributed by atoms with van der Waals surface area (Å²) in [7, 11) is 1.54. The molecule has 0 unspecified atom stereocenters. The van der Waals surface area contributed by atoms with Crippen molar-refractivity contribution in [3.63, 3.8) is 0 Å². The first-order valence-corrected chi connectivity index (χ1v) is 8.59. The number of rotatable bonds is 6. The first-order valence-electron chi connectivity index (χ1n) is 8.59. The SMILES string of the molecule is COc1ccc(C=NNc2nc(-c3ccccc3)c(C#N)c(=O)[nH]2)cc1CC#N. The maximum atomic E-state index is 12.2. The second kappa shape index (κ2) is 8.98. The van der Waals surface area contributed by atoms with Crippen molar-refractivity contribution in [1.82, 2.24) is 9.97 Å². The van der Waals surface area contributed by atoms with Crippen molar-refractivity contribution in [2.24, 2.45) is 5.10 Å². The van der Waals surface area contributed by atoms with Gasteiger partial charge >= 0.3 is 0 Å². The quantitative estimate of drug-likeness (QED) is 0.497. The molecule has 0 bridgehead atoms. The van der Waals surface area contributed by atoms with Crippen molar-refractivity contribution in [3.05, 3.63) is 75.6 Å². The Labute approximate surface area is 166 Å². The van der Waals surface area contributed by atoms with Gasteiger partial charge < -0.3 is 4.74 Å². The van der Waals surface area contributed by atoms with Crippen molar-refractivity contribution in [2.45, 2.75) is 6.42 Å². The third-order valence-corrected chi connectivity index (χ3v) is 4.04. The van der Waals surface area contributed by atoms with E-state index in [0.29, 0.717) is 11.3 Å². The van der Waals surface area contributed by atoms with Crippen LogP contribution in [-0.4, -0.2) is 23.3 Å². The number of H-pyrrole nitrogens is 1. The normalized spacial score (nSPS) is 10.3. The van der Waals surface area contributed by atoms with Gasteiger partial charge in [0, 0.05) is 11.1 Å². The van der Waals surface area contributed by atoms with E-state index in [4.69, 9.17) is 10.00 Å². The fourth-order valence-corrected chi connectivity index (χ4v) is 2.70. The molecule has 3 rings (SSSR count). The number of methoxy groups -OCH3 is 1. The third-order valence-electron chi connectivity index (χ3n) is 4.04. The predicted molar refractivity (Wildman–Crippen MR) is 109 cm³/mol. The molecule has 0 spiro atoms. The number of nitriles is 2. The maximum absolute atomic E-state index is 12.2. The van der Waals surface area contributed by atoms with Gasteiger partial charge in [-0.25, -0.2) is 10.4 Å². The van der Waals surface area contributed by atoms with Gasteiger partial charge in [-0.1, -0.05) is 30.3 Å². The molecule has 2 aromatic carbocycles. The zero-order valence-corrected chi connectivity index (χ0v) is 15.5. The average molecular weight is 384 g/mol. The van der Waals surface area contributed by atoms with Crippen LogP contribution in [0.2, 0.25) is 0 Å². The molecule has 0 radical (unpaired) electrons. The van der Waals surface area contributed by atoms with Gasteiger partial charge in [0.2, 0.25) is 5.95 Å². The summed E-state index contributed by atoms with van der Waals surface area (Å²) in [5.41, 5.74) is 4.46. The Kier molecular flexibility index (Phi) is 5.99. The Hall–Kier alpha value is -4.43. The van der Waals surface area contributed by atoms with Crippen LogP contribution in [0.15, 0.2) is 58.4 Å². The van der Waals surface area contributed by atoms with E-state index in [1.807, 2.05) is 12.1 Å². The number of nitrogens with one attached hydrogen (secondary N) is 2. The highest BCUT2D eigenvalue weighted by Crippen LogP contribution is 2.20. The first kappa shape index (κ1) is 19.3. The van der Waals surface area contributed by atoms with Crippen LogP contribution < -0.4 is 15.7 Å². The molecule has 142 valence electrons. The summed E-state index contributed by atoms with van der Waals surface area (Å²) < 4.78 is 5.23. The summed E-state index contributed by atoms with van der Waals surface area (Å²) >= 11 is 0. The number of benzene rings is 2. The molecule has 0 atom stereocenters. The Balaban J connectivity index is 1.87. The summed E-state index contributed by atoms with van der Waals surface area (Å²) in [5.74, 6) is 0.733. The summed E-state index contributed by atoms with van der Waals surface area (Å²) in [6, 6.07) is 18.3. The van der Waals surface area contributed by atoms with Crippen molar-refractivity contribution < 1.29 is 4.74 Å². The monoisotopic (exact) mass is 384 g/mol. The summed E-state index contributed by atoms with van der Waals surface area (Å²) in [6.45, 7) is 0. The fourth-order valence-electron chi connectivity index (χ4n) is 2.70. The third kappa shape index (κ3) is 4.46. The van der Waals surface area contributed by atoms with Crippen LogP contribution in [0.1, 0.15) is 16.7 Å². The minimum Gasteiger partial charge on any atom is -0.496 e. The molecular weight excluding hydrogens is 368 g/mol. The lowest BCUT2D eigenvalue weighted by atomic mass is 10.1. The summed E-state index contributed by atoms with van der Waals surface area (Å²) in [4.78, 5) is 19.0. The zero-order chi connectivity index (χ0) is 20.6. The van der Waals surface area contributed by atoms with Crippen molar-refractivity contribution >= 4 is 12.2 Å². The van der Waals surface area contributed by atoms with E-state index in [1.54, 1.807) is 49.6 Å². The Morgan fingerprint density at radius 2 is 2.03 bits per heavy atom. The van der Waals surface area contributed by atoms with Crippen LogP contribution in [0.25, 0.3) is 11.3 Å². The molecule has 29 heavy (non-hydrogen) atoms. The number of aromatic amines is 1. The highest BCUT2D eigenvalue weighted by molar-refractivity contribution is 5.81. The Morgan fingerprint density at radius 1 is 1.24 bits per heavy atom. The smallest absolute Gasteiger partial charge is 0.270 e. The van der Waals surface area contributed by atoms with Gasteiger partial charge in [0.25, 0.3) is 5.56 Å². The second-order valence-corrected chi connectivity index (χ2v) is 5.89. The number of ether oxygens (including phenoxy) is 1. The second-order valence-electron chi connectivity index (χ2n) is 5.89. The molecule has 1 aromatic heterocycles. The lowest BCUT2D eigenvalue weighted by Crippen LogP contribution is -2.16. The van der Waals surface area contributed by atoms with E-state index in [2.05, 4.69) is 26.6 Å². The molecule has 0 aliphatic rings. The molecule has 0 fully saturated rings. The number of nitrogens with zero attached hydrogens (tertiary/aromatic N) is 4. The van der Waals surface area contributed by atoms with E-state index in [-0.39, 0.29) is 23.6 Å². The van der Waals surface area contributed by atoms with Gasteiger partial charge in [0.05, 0.1) is 31.5 Å². The Bertz CT molecular complexity index is 1190. The van der Waals surface area contributed by atoms with Gasteiger partial charge in [-0.15, -0.1) is 0 Å². The maximum Gasteiger partial charge on any atom is 0.270 e. The highest BCUT2D eigenvalue weighted by Gasteiger charge is 2.12. The molecule has 0 saturated heterocycles. The molecular formula is C21H16N6O2. The minimum atomic E-state index is -0.556. The lowest BCUT2D eigenvalue weighted by molar-refractivity contribution is 0.411. The van der Waals surface area contributed by atoms with Gasteiger partial charge in [-0.3, -0.25) is 9.78 Å². The molecule has 3 aromatic rings. The van der Waals surface area contributed by atoms with Gasteiger partial charge in [-0.2, -0.15) is 15.6 Å². The van der Waals surface area contributed by atoms with Gasteiger partial charge in [-0.05, 0) is 23.8 Å². The van der Waals surface area contributed by atoms with Crippen LogP contribution in [0, 0.1) is 22.7 Å². The first-order chi connectivity index (χ1) is 14.2. The number of hydrogen-bond donors (Lipinski definition) is 2. The van der Waals surface area contributed by atoms with Crippen molar-refractivity contribution in [1.29, 1.82) is 10.5 Å². The van der Waals surface area contributed by atoms with E-state index in [9.17, 15) is 10.1 Å². The molecule has 2 N–H and O–H groups in total. The summed E-state index contributed by atoms with van der Waals surface area (Å²) in [6.07, 6.45) is 1.74. The van der Waals surface area contributed by atoms with Crippen molar-refractivity contribution in [2.75, 3.05) is 12.5 Å². The van der Waals surface area contributed by atoms with Crippen LogP contribution in [0.3, 0.4) is 0 Å². The molecule has 8 heteroatoms. The van der Waals surface area contributed by atoms with Crippen LogP contribution in [-0.2, 0) is 6.42 Å². The van der Waals surface area contributed by atoms with Gasteiger partial charge in [0.1, 0.15) is 17.4 Å². The van der Waals surface area contributed by atoms with Crippen LogP contribution in [0.4, 0.5) is 5.95 Å². The fraction of sp³-hybridized carbons (Fsp3) is 0.0952. The molecule has 0 aliphatic carbocycles. The Morgan fingerprint density at radius 3 is 2.72 bits per heavy atom. The lowest BCUT2D eigenvalue weighted by Gasteiger charge is -2.07. The van der Waals surface area contributed by atoms with E-state index in [1.165, 1.54) is 6.21 Å². The van der Waals surface area contributed by atoms with Gasteiger partial charge in [0.15, 0.2) is 0 Å². The van der Waals surface area contributed by atoms with E-state index >= 15 is 0 Å². The average Bonchev–Trinajstić information content (AvgIpc) is 2.74. The molecule has 0 aliphatic heterocycles. The standard InChI is InChI=1S/C21H16N6O2/c1-29-18-8-7-14(11-16(18)9-10-22)13-24-27-21-25-19(15-5-3-2-4-6-15)17(12-23)20(28)26-21/h2-8,11,13H,9H2,1H3,(H2,25,26,27,28). The van der Waals surface area contributed by atoms with Crippen LogP contribution in [0.5, 0.6) is 5.75 Å². The van der Waals surface area contributed by atoms with E-state index < -0.39 is 5.56 Å². The summed E-state index contributed by atoms with van der Waals surface area (Å²) in [5, 5.41) is 22.3. The molecule has 0 saturated carbocycles. The minimum absolute atomic E-state index is 0.0676.